The van der Waals surface area contributed by atoms with Gasteiger partial charge in [-0.1, -0.05) is 0 Å². The molecule has 2 heterocycles. The lowest BCUT2D eigenvalue weighted by Gasteiger charge is -2.28. The SMILES string of the molecule is O=C(CCN1CCOCC1)c1ccc(N2CCOCC2)c([N+](=O)[O-])c1. The summed E-state index contributed by atoms with van der Waals surface area (Å²) in [5.41, 5.74) is 0.939. The molecule has 8 nitrogen and oxygen atoms in total. The fourth-order valence-corrected chi connectivity index (χ4v) is 3.14. The molecule has 0 bridgehead atoms. The standard InChI is InChI=1S/C17H23N3O5/c21-17(3-4-18-5-9-24-10-6-18)14-1-2-15(16(13-14)20(22)23)19-7-11-25-12-8-19/h1-2,13H,3-12H2. The molecule has 1 aromatic rings. The third-order valence-electron chi connectivity index (χ3n) is 4.60. The number of rotatable bonds is 6. The Balaban J connectivity index is 1.69. The van der Waals surface area contributed by atoms with E-state index in [9.17, 15) is 14.9 Å². The highest BCUT2D eigenvalue weighted by atomic mass is 16.6. The fourth-order valence-electron chi connectivity index (χ4n) is 3.14. The molecule has 2 aliphatic heterocycles. The van der Waals surface area contributed by atoms with E-state index in [2.05, 4.69) is 4.90 Å². The van der Waals surface area contributed by atoms with Gasteiger partial charge in [-0.3, -0.25) is 19.8 Å². The predicted molar refractivity (Wildman–Crippen MR) is 92.3 cm³/mol. The summed E-state index contributed by atoms with van der Waals surface area (Å²) in [5.74, 6) is -0.0666. The van der Waals surface area contributed by atoms with Crippen molar-refractivity contribution < 1.29 is 19.2 Å². The molecule has 0 radical (unpaired) electrons. The number of ether oxygens (including phenoxy) is 2. The fraction of sp³-hybridized carbons (Fsp3) is 0.588. The summed E-state index contributed by atoms with van der Waals surface area (Å²) >= 11 is 0. The lowest BCUT2D eigenvalue weighted by Crippen LogP contribution is -2.37. The van der Waals surface area contributed by atoms with Crippen molar-refractivity contribution in [2.75, 3.05) is 64.1 Å². The van der Waals surface area contributed by atoms with Crippen LogP contribution in [-0.4, -0.2) is 74.8 Å². The summed E-state index contributed by atoms with van der Waals surface area (Å²) in [6.07, 6.45) is 0.355. The topological polar surface area (TPSA) is 85.2 Å². The van der Waals surface area contributed by atoms with Crippen LogP contribution in [0.15, 0.2) is 18.2 Å². The average molecular weight is 349 g/mol. The molecule has 136 valence electrons. The van der Waals surface area contributed by atoms with Crippen LogP contribution in [0.4, 0.5) is 11.4 Å². The highest BCUT2D eigenvalue weighted by Crippen LogP contribution is 2.30. The van der Waals surface area contributed by atoms with Gasteiger partial charge in [0.2, 0.25) is 0 Å². The molecule has 2 aliphatic rings. The third-order valence-corrected chi connectivity index (χ3v) is 4.60. The van der Waals surface area contributed by atoms with Gasteiger partial charge in [-0.2, -0.15) is 0 Å². The quantitative estimate of drug-likeness (QED) is 0.435. The first kappa shape index (κ1) is 17.8. The molecule has 8 heteroatoms. The number of benzene rings is 1. The second-order valence-electron chi connectivity index (χ2n) is 6.19. The van der Waals surface area contributed by atoms with Crippen LogP contribution < -0.4 is 4.90 Å². The number of ketones is 1. The van der Waals surface area contributed by atoms with E-state index < -0.39 is 4.92 Å². The van der Waals surface area contributed by atoms with E-state index in [0.717, 1.165) is 13.1 Å². The number of carbonyl (C=O) groups is 1. The van der Waals surface area contributed by atoms with Gasteiger partial charge in [-0.05, 0) is 12.1 Å². The number of hydrogen-bond acceptors (Lipinski definition) is 7. The molecule has 2 saturated heterocycles. The molecule has 0 unspecified atom stereocenters. The molecule has 1 aromatic carbocycles. The lowest BCUT2D eigenvalue weighted by molar-refractivity contribution is -0.384. The Morgan fingerprint density at radius 1 is 1.08 bits per heavy atom. The van der Waals surface area contributed by atoms with Gasteiger partial charge in [0.1, 0.15) is 5.69 Å². The van der Waals surface area contributed by atoms with Crippen LogP contribution >= 0.6 is 0 Å². The van der Waals surface area contributed by atoms with E-state index >= 15 is 0 Å². The molecule has 3 rings (SSSR count). The molecule has 0 N–H and O–H groups in total. The zero-order valence-corrected chi connectivity index (χ0v) is 14.2. The molecule has 2 fully saturated rings. The van der Waals surface area contributed by atoms with Crippen molar-refractivity contribution in [3.05, 3.63) is 33.9 Å². The van der Waals surface area contributed by atoms with Crippen LogP contribution in [0.25, 0.3) is 0 Å². The first-order valence-corrected chi connectivity index (χ1v) is 8.59. The van der Waals surface area contributed by atoms with Gasteiger partial charge in [0.15, 0.2) is 5.78 Å². The highest BCUT2D eigenvalue weighted by Gasteiger charge is 2.23. The van der Waals surface area contributed by atoms with Crippen molar-refractivity contribution in [1.82, 2.24) is 4.90 Å². The molecule has 0 aromatic heterocycles. The van der Waals surface area contributed by atoms with E-state index in [-0.39, 0.29) is 11.5 Å². The van der Waals surface area contributed by atoms with Gasteiger partial charge in [-0.25, -0.2) is 0 Å². The van der Waals surface area contributed by atoms with Gasteiger partial charge in [0.25, 0.3) is 5.69 Å². The van der Waals surface area contributed by atoms with E-state index in [1.165, 1.54) is 6.07 Å². The van der Waals surface area contributed by atoms with Crippen molar-refractivity contribution in [1.29, 1.82) is 0 Å². The van der Waals surface area contributed by atoms with E-state index in [1.54, 1.807) is 12.1 Å². The van der Waals surface area contributed by atoms with Crippen molar-refractivity contribution in [2.24, 2.45) is 0 Å². The van der Waals surface area contributed by atoms with Crippen LogP contribution in [0.3, 0.4) is 0 Å². The number of nitrogens with zero attached hydrogens (tertiary/aromatic N) is 3. The minimum Gasteiger partial charge on any atom is -0.379 e. The lowest BCUT2D eigenvalue weighted by atomic mass is 10.1. The second-order valence-corrected chi connectivity index (χ2v) is 6.19. The Labute approximate surface area is 146 Å². The first-order valence-electron chi connectivity index (χ1n) is 8.59. The third kappa shape index (κ3) is 4.53. The van der Waals surface area contributed by atoms with E-state index in [4.69, 9.17) is 9.47 Å². The number of morpholine rings is 2. The van der Waals surface area contributed by atoms with Gasteiger partial charge in [-0.15, -0.1) is 0 Å². The maximum absolute atomic E-state index is 12.4. The van der Waals surface area contributed by atoms with Crippen molar-refractivity contribution >= 4 is 17.2 Å². The van der Waals surface area contributed by atoms with Crippen LogP contribution in [0.2, 0.25) is 0 Å². The van der Waals surface area contributed by atoms with Crippen LogP contribution in [0, 0.1) is 10.1 Å². The molecular weight excluding hydrogens is 326 g/mol. The van der Waals surface area contributed by atoms with E-state index in [0.29, 0.717) is 63.7 Å². The number of anilines is 1. The van der Waals surface area contributed by atoms with Gasteiger partial charge < -0.3 is 14.4 Å². The average Bonchev–Trinajstić information content (AvgIpc) is 2.67. The maximum Gasteiger partial charge on any atom is 0.293 e. The Bertz CT molecular complexity index is 625. The number of Topliss-reactive ketones (excluding diaryl/α,β-unsaturated/α-hetero) is 1. The summed E-state index contributed by atoms with van der Waals surface area (Å²) in [5, 5.41) is 11.5. The Kier molecular flexibility index (Phi) is 5.95. The maximum atomic E-state index is 12.4. The molecule has 0 atom stereocenters. The van der Waals surface area contributed by atoms with E-state index in [1.807, 2.05) is 4.90 Å². The molecule has 0 saturated carbocycles. The largest absolute Gasteiger partial charge is 0.379 e. The van der Waals surface area contributed by atoms with Gasteiger partial charge in [0.05, 0.1) is 31.4 Å². The van der Waals surface area contributed by atoms with Crippen LogP contribution in [-0.2, 0) is 9.47 Å². The second kappa shape index (κ2) is 8.37. The summed E-state index contributed by atoms with van der Waals surface area (Å²) in [7, 11) is 0. The summed E-state index contributed by atoms with van der Waals surface area (Å²) < 4.78 is 10.6. The van der Waals surface area contributed by atoms with Gasteiger partial charge >= 0.3 is 0 Å². The minimum atomic E-state index is -0.413. The number of hydrogen-bond donors (Lipinski definition) is 0. The minimum absolute atomic E-state index is 0.0147. The number of nitro groups is 1. The zero-order chi connectivity index (χ0) is 17.6. The monoisotopic (exact) mass is 349 g/mol. The Hall–Kier alpha value is -2.03. The Morgan fingerprint density at radius 2 is 1.72 bits per heavy atom. The van der Waals surface area contributed by atoms with Crippen molar-refractivity contribution in [2.45, 2.75) is 6.42 Å². The summed E-state index contributed by atoms with van der Waals surface area (Å²) in [4.78, 5) is 27.6. The summed E-state index contributed by atoms with van der Waals surface area (Å²) in [6, 6.07) is 4.79. The van der Waals surface area contributed by atoms with Crippen molar-refractivity contribution in [3.63, 3.8) is 0 Å². The molecule has 0 amide bonds. The molecule has 0 aliphatic carbocycles. The van der Waals surface area contributed by atoms with Gasteiger partial charge in [0, 0.05) is 50.8 Å². The van der Waals surface area contributed by atoms with Crippen LogP contribution in [0.1, 0.15) is 16.8 Å². The highest BCUT2D eigenvalue weighted by molar-refractivity contribution is 5.97. The molecule has 25 heavy (non-hydrogen) atoms. The molecular formula is C17H23N3O5. The normalized spacial score (nSPS) is 19.0. The van der Waals surface area contributed by atoms with Crippen LogP contribution in [0.5, 0.6) is 0 Å². The smallest absolute Gasteiger partial charge is 0.293 e. The van der Waals surface area contributed by atoms with Crippen molar-refractivity contribution in [3.8, 4) is 0 Å². The predicted octanol–water partition coefficient (Wildman–Crippen LogP) is 1.34. The zero-order valence-electron chi connectivity index (χ0n) is 14.2. The summed E-state index contributed by atoms with van der Waals surface area (Å²) in [6.45, 7) is 6.01. The molecule has 0 spiro atoms. The first-order chi connectivity index (χ1) is 12.1. The Morgan fingerprint density at radius 3 is 2.36 bits per heavy atom. The number of nitro benzene ring substituents is 1. The number of carbonyl (C=O) groups excluding carboxylic acids is 1.